The maximum atomic E-state index is 7.39. The van der Waals surface area contributed by atoms with Crippen LogP contribution in [0.15, 0.2) is 158 Å². The molecule has 0 aliphatic heterocycles. The average Bonchev–Trinajstić information content (AvgIpc) is 3.21. The molecule has 6 heteroatoms. The minimum atomic E-state index is 0.598. The van der Waals surface area contributed by atoms with Gasteiger partial charge in [0, 0.05) is 51.0 Å². The number of pyridine rings is 2. The van der Waals surface area contributed by atoms with Crippen LogP contribution in [0.25, 0.3) is 93.8 Å². The zero-order valence-electron chi connectivity index (χ0n) is 26.7. The molecule has 9 rings (SSSR count). The molecule has 0 radical (unpaired) electrons. The van der Waals surface area contributed by atoms with Gasteiger partial charge in [-0.05, 0) is 52.2 Å². The lowest BCUT2D eigenvalue weighted by atomic mass is 9.90. The molecule has 0 bridgehead atoms. The molecule has 0 fully saturated rings. The van der Waals surface area contributed by atoms with Crippen molar-refractivity contribution in [1.82, 2.24) is 24.9 Å². The zero-order chi connectivity index (χ0) is 33.4. The van der Waals surface area contributed by atoms with E-state index in [4.69, 9.17) is 31.5 Å². The number of nitrogens with zero attached hydrogens (tertiary/aromatic N) is 6. The van der Waals surface area contributed by atoms with Gasteiger partial charge in [0.25, 0.3) is 0 Å². The number of fused-ring (bicyclic) bond motifs is 5. The van der Waals surface area contributed by atoms with Crippen molar-refractivity contribution in [2.45, 2.75) is 0 Å². The van der Waals surface area contributed by atoms with Crippen LogP contribution in [-0.2, 0) is 0 Å². The van der Waals surface area contributed by atoms with Gasteiger partial charge in [0.05, 0.1) is 17.6 Å². The summed E-state index contributed by atoms with van der Waals surface area (Å²) >= 11 is 0. The van der Waals surface area contributed by atoms with Crippen LogP contribution in [0, 0.1) is 6.57 Å². The fraction of sp³-hybridized carbons (Fsp3) is 0. The third kappa shape index (κ3) is 5.11. The highest BCUT2D eigenvalue weighted by molar-refractivity contribution is 6.22. The van der Waals surface area contributed by atoms with Crippen LogP contribution in [0.3, 0.4) is 0 Å². The van der Waals surface area contributed by atoms with E-state index < -0.39 is 0 Å². The molecule has 0 atom stereocenters. The minimum absolute atomic E-state index is 0.598. The highest BCUT2D eigenvalue weighted by atomic mass is 15.0. The van der Waals surface area contributed by atoms with Gasteiger partial charge < -0.3 is 0 Å². The molecule has 0 saturated heterocycles. The van der Waals surface area contributed by atoms with E-state index in [9.17, 15) is 0 Å². The number of hydrogen-bond donors (Lipinski definition) is 0. The molecule has 0 unspecified atom stereocenters. The van der Waals surface area contributed by atoms with Crippen molar-refractivity contribution in [2.75, 3.05) is 0 Å². The summed E-state index contributed by atoms with van der Waals surface area (Å²) in [6, 6.07) is 48.8. The van der Waals surface area contributed by atoms with Crippen molar-refractivity contribution in [3.05, 3.63) is 169 Å². The summed E-state index contributed by atoms with van der Waals surface area (Å²) < 4.78 is 0. The van der Waals surface area contributed by atoms with Gasteiger partial charge in [-0.25, -0.2) is 19.8 Å². The standard InChI is InChI=1S/C44H26N6/c1-45-33-21-19-28(20-22-33)36-26-38-35-18-10-24-47-41(35)37(27-39(38)34-17-9-23-46-40(34)36)31-15-8-16-32(25-31)44-49-42(29-11-4-2-5-12-29)48-43(50-44)30-13-6-3-7-14-30/h2-27H. The third-order valence-corrected chi connectivity index (χ3v) is 9.01. The van der Waals surface area contributed by atoms with Crippen LogP contribution in [0.1, 0.15) is 0 Å². The summed E-state index contributed by atoms with van der Waals surface area (Å²) in [5.74, 6) is 1.84. The zero-order valence-corrected chi connectivity index (χ0v) is 26.7. The Morgan fingerprint density at radius 1 is 0.380 bits per heavy atom. The van der Waals surface area contributed by atoms with Crippen LogP contribution in [0.2, 0.25) is 0 Å². The van der Waals surface area contributed by atoms with Crippen molar-refractivity contribution in [2.24, 2.45) is 0 Å². The third-order valence-electron chi connectivity index (χ3n) is 9.01. The monoisotopic (exact) mass is 638 g/mol. The van der Waals surface area contributed by atoms with Gasteiger partial charge in [0.2, 0.25) is 0 Å². The van der Waals surface area contributed by atoms with Crippen molar-refractivity contribution in [3.63, 3.8) is 0 Å². The first-order valence-corrected chi connectivity index (χ1v) is 16.3. The summed E-state index contributed by atoms with van der Waals surface area (Å²) in [7, 11) is 0. The number of aromatic nitrogens is 5. The Bertz CT molecular complexity index is 2700. The maximum Gasteiger partial charge on any atom is 0.187 e. The highest BCUT2D eigenvalue weighted by Crippen LogP contribution is 2.41. The normalized spacial score (nSPS) is 11.2. The number of rotatable bonds is 5. The Morgan fingerprint density at radius 3 is 1.40 bits per heavy atom. The van der Waals surface area contributed by atoms with Gasteiger partial charge in [-0.2, -0.15) is 0 Å². The summed E-state index contributed by atoms with van der Waals surface area (Å²) in [6.45, 7) is 7.39. The lowest BCUT2D eigenvalue weighted by molar-refractivity contribution is 1.07. The quantitative estimate of drug-likeness (QED) is 0.139. The highest BCUT2D eigenvalue weighted by Gasteiger charge is 2.17. The fourth-order valence-corrected chi connectivity index (χ4v) is 6.62. The van der Waals surface area contributed by atoms with E-state index in [1.54, 1.807) is 0 Å². The second-order valence-corrected chi connectivity index (χ2v) is 12.0. The molecular weight excluding hydrogens is 613 g/mol. The molecule has 0 amide bonds. The van der Waals surface area contributed by atoms with Crippen LogP contribution in [0.5, 0.6) is 0 Å². The molecular formula is C44H26N6. The molecule has 50 heavy (non-hydrogen) atoms. The minimum Gasteiger partial charge on any atom is -0.256 e. The molecule has 3 aromatic heterocycles. The van der Waals surface area contributed by atoms with Gasteiger partial charge in [0.15, 0.2) is 23.2 Å². The predicted octanol–water partition coefficient (Wildman–Crippen LogP) is 11.0. The van der Waals surface area contributed by atoms with Crippen LogP contribution in [-0.4, -0.2) is 24.9 Å². The Balaban J connectivity index is 1.25. The predicted molar refractivity (Wildman–Crippen MR) is 201 cm³/mol. The van der Waals surface area contributed by atoms with E-state index >= 15 is 0 Å². The molecule has 6 nitrogen and oxygen atoms in total. The lowest BCUT2D eigenvalue weighted by Crippen LogP contribution is -2.00. The van der Waals surface area contributed by atoms with Crippen LogP contribution in [0.4, 0.5) is 5.69 Å². The first-order valence-electron chi connectivity index (χ1n) is 16.3. The first kappa shape index (κ1) is 29.1. The molecule has 0 aliphatic carbocycles. The smallest absolute Gasteiger partial charge is 0.187 e. The number of hydrogen-bond acceptors (Lipinski definition) is 5. The molecule has 0 N–H and O–H groups in total. The van der Waals surface area contributed by atoms with E-state index in [2.05, 4.69) is 41.2 Å². The van der Waals surface area contributed by atoms with Crippen LogP contribution < -0.4 is 0 Å². The first-order chi connectivity index (χ1) is 24.7. The van der Waals surface area contributed by atoms with E-state index in [0.29, 0.717) is 23.2 Å². The summed E-state index contributed by atoms with van der Waals surface area (Å²) in [5.41, 5.74) is 9.20. The molecule has 0 spiro atoms. The lowest BCUT2D eigenvalue weighted by Gasteiger charge is -2.15. The molecule has 0 aliphatic rings. The summed E-state index contributed by atoms with van der Waals surface area (Å²) in [4.78, 5) is 28.2. The summed E-state index contributed by atoms with van der Waals surface area (Å²) in [5, 5.41) is 4.28. The molecule has 6 aromatic carbocycles. The van der Waals surface area contributed by atoms with Crippen LogP contribution >= 0.6 is 0 Å². The Kier molecular flexibility index (Phi) is 7.07. The largest absolute Gasteiger partial charge is 0.256 e. The molecule has 3 heterocycles. The van der Waals surface area contributed by atoms with Gasteiger partial charge in [-0.15, -0.1) is 0 Å². The van der Waals surface area contributed by atoms with E-state index in [-0.39, 0.29) is 0 Å². The van der Waals surface area contributed by atoms with Crippen molar-refractivity contribution >= 4 is 38.3 Å². The fourth-order valence-electron chi connectivity index (χ4n) is 6.62. The SMILES string of the molecule is [C-]#[N+]c1ccc(-c2cc3c4cccnc4c(-c4cccc(-c5nc(-c6ccccc6)nc(-c6ccccc6)n5)c4)cc3c3cccnc23)cc1. The molecule has 0 saturated carbocycles. The topological polar surface area (TPSA) is 68.8 Å². The summed E-state index contributed by atoms with van der Waals surface area (Å²) in [6.07, 6.45) is 3.68. The average molecular weight is 639 g/mol. The molecule has 232 valence electrons. The maximum absolute atomic E-state index is 7.39. The van der Waals surface area contributed by atoms with Gasteiger partial charge >= 0.3 is 0 Å². The van der Waals surface area contributed by atoms with Crippen molar-refractivity contribution in [3.8, 4) is 56.4 Å². The van der Waals surface area contributed by atoms with Gasteiger partial charge in [-0.3, -0.25) is 9.97 Å². The van der Waals surface area contributed by atoms with E-state index in [1.165, 1.54) is 0 Å². The number of benzene rings is 6. The second kappa shape index (κ2) is 12.2. The second-order valence-electron chi connectivity index (χ2n) is 12.0. The Labute approximate surface area is 288 Å². The molecule has 9 aromatic rings. The Morgan fingerprint density at radius 2 is 0.860 bits per heavy atom. The Hall–Kier alpha value is -7.10. The van der Waals surface area contributed by atoms with E-state index in [1.807, 2.05) is 122 Å². The van der Waals surface area contributed by atoms with Crippen molar-refractivity contribution in [1.29, 1.82) is 0 Å². The van der Waals surface area contributed by atoms with Gasteiger partial charge in [0.1, 0.15) is 0 Å². The van der Waals surface area contributed by atoms with Gasteiger partial charge in [-0.1, -0.05) is 115 Å². The van der Waals surface area contributed by atoms with E-state index in [0.717, 1.165) is 71.5 Å². The van der Waals surface area contributed by atoms with Crippen molar-refractivity contribution < 1.29 is 0 Å².